The smallest absolute Gasteiger partial charge is 1.00 e. The van der Waals surface area contributed by atoms with Gasteiger partial charge in [-0.05, 0) is 69.2 Å². The first kappa shape index (κ1) is 45.5. The second-order valence-corrected chi connectivity index (χ2v) is 9.01. The van der Waals surface area contributed by atoms with Crippen molar-refractivity contribution >= 4 is 34.3 Å². The summed E-state index contributed by atoms with van der Waals surface area (Å²) in [4.78, 5) is 32.8. The fraction of sp³-hybridized carbons (Fsp3) is 0.560. The molecule has 0 aliphatic heterocycles. The molecule has 0 saturated heterocycles. The number of esters is 1. The summed E-state index contributed by atoms with van der Waals surface area (Å²) >= 11 is 3.38. The van der Waals surface area contributed by atoms with Crippen LogP contribution in [0.4, 0.5) is 0 Å². The Kier molecular flexibility index (Phi) is 37.5. The van der Waals surface area contributed by atoms with Gasteiger partial charge in [0.05, 0.1) is 6.61 Å². The van der Waals surface area contributed by atoms with Gasteiger partial charge < -0.3 is 30.2 Å². The Bertz CT molecular complexity index is 827. The van der Waals surface area contributed by atoms with E-state index < -0.39 is 5.97 Å². The predicted octanol–water partition coefficient (Wildman–Crippen LogP) is -0.160. The molecule has 37 heavy (non-hydrogen) atoms. The maximum atomic E-state index is 11.4. The maximum Gasteiger partial charge on any atom is 1.00 e. The van der Waals surface area contributed by atoms with Crippen molar-refractivity contribution in [2.24, 2.45) is 11.8 Å². The number of ether oxygens (including phenoxy) is 1. The van der Waals surface area contributed by atoms with E-state index in [2.05, 4.69) is 48.5 Å². The van der Waals surface area contributed by atoms with Crippen LogP contribution in [-0.2, 0) is 14.4 Å². The number of alkyl halides is 1. The molecule has 0 saturated carbocycles. The Morgan fingerprint density at radius 1 is 0.973 bits per heavy atom. The number of aromatic carboxylic acids is 1. The second-order valence-electron chi connectivity index (χ2n) is 8.22. The van der Waals surface area contributed by atoms with Gasteiger partial charge >= 0.3 is 150 Å². The third-order valence-electron chi connectivity index (χ3n) is 4.01. The van der Waals surface area contributed by atoms with Crippen molar-refractivity contribution in [3.05, 3.63) is 47.3 Å². The molecule has 12 heteroatoms. The third kappa shape index (κ3) is 30.3. The Morgan fingerprint density at radius 3 is 1.68 bits per heavy atom. The first-order chi connectivity index (χ1) is 16.5. The average molecular weight is 829 g/mol. The van der Waals surface area contributed by atoms with Crippen LogP contribution in [0.15, 0.2) is 33.1 Å². The topological polar surface area (TPSA) is 139 Å². The SMILES string of the molecule is CC(C)CCCBr.Cc1ccc(C(=O)O)o1.Cc1ccc(C(=O)OCCCC(C)C)o1.O=CO[O-].[Cs+].[Cs+].[H-]. The number of hydrogen-bond donors (Lipinski definition) is 1. The van der Waals surface area contributed by atoms with Crippen LogP contribution in [0.5, 0.6) is 0 Å². The van der Waals surface area contributed by atoms with E-state index in [9.17, 15) is 9.59 Å². The fourth-order valence-corrected chi connectivity index (χ4v) is 2.63. The van der Waals surface area contributed by atoms with Gasteiger partial charge in [-0.25, -0.2) is 9.59 Å². The summed E-state index contributed by atoms with van der Waals surface area (Å²) in [5.41, 5.74) is 0. The number of carboxylic acid groups (broad SMARTS) is 1. The minimum Gasteiger partial charge on any atom is -1.00 e. The molecule has 2 heterocycles. The van der Waals surface area contributed by atoms with Crippen LogP contribution < -0.4 is 143 Å². The van der Waals surface area contributed by atoms with Gasteiger partial charge in [0, 0.05) is 5.33 Å². The minimum atomic E-state index is -1.02. The number of rotatable bonds is 10. The van der Waals surface area contributed by atoms with Crippen LogP contribution in [-0.4, -0.2) is 35.5 Å². The number of furan rings is 2. The van der Waals surface area contributed by atoms with E-state index in [0.29, 0.717) is 18.3 Å². The quantitative estimate of drug-likeness (QED) is 0.0866. The normalized spacial score (nSPS) is 9.14. The van der Waals surface area contributed by atoms with Gasteiger partial charge in [0.15, 0.2) is 0 Å². The first-order valence-electron chi connectivity index (χ1n) is 11.3. The molecule has 0 radical (unpaired) electrons. The van der Waals surface area contributed by atoms with E-state index >= 15 is 0 Å². The molecule has 0 spiro atoms. The maximum absolute atomic E-state index is 11.4. The summed E-state index contributed by atoms with van der Waals surface area (Å²) in [7, 11) is 0. The van der Waals surface area contributed by atoms with E-state index in [1.54, 1.807) is 32.0 Å². The molecule has 0 atom stereocenters. The average Bonchev–Trinajstić information content (AvgIpc) is 3.44. The summed E-state index contributed by atoms with van der Waals surface area (Å²) in [6.45, 7) is 12.6. The zero-order chi connectivity index (χ0) is 27.2. The Morgan fingerprint density at radius 2 is 1.41 bits per heavy atom. The van der Waals surface area contributed by atoms with E-state index in [4.69, 9.17) is 28.7 Å². The molecule has 0 aromatic carbocycles. The van der Waals surface area contributed by atoms with Crippen molar-refractivity contribution < 1.29 is 182 Å². The molecular formula is C25H39BrCs2O9. The van der Waals surface area contributed by atoms with Crippen LogP contribution >= 0.6 is 15.9 Å². The van der Waals surface area contributed by atoms with Gasteiger partial charge in [-0.3, -0.25) is 4.79 Å². The van der Waals surface area contributed by atoms with Crippen molar-refractivity contribution in [1.82, 2.24) is 0 Å². The van der Waals surface area contributed by atoms with Crippen LogP contribution in [0.3, 0.4) is 0 Å². The van der Waals surface area contributed by atoms with Crippen molar-refractivity contribution in [3.63, 3.8) is 0 Å². The number of hydrogen-bond acceptors (Lipinski definition) is 8. The van der Waals surface area contributed by atoms with Gasteiger partial charge in [-0.2, -0.15) is 0 Å². The van der Waals surface area contributed by atoms with Crippen molar-refractivity contribution in [1.29, 1.82) is 0 Å². The van der Waals surface area contributed by atoms with Gasteiger partial charge in [0.2, 0.25) is 11.5 Å². The van der Waals surface area contributed by atoms with E-state index in [0.717, 1.165) is 29.8 Å². The molecule has 1 N–H and O–H groups in total. The van der Waals surface area contributed by atoms with Crippen LogP contribution in [0.2, 0.25) is 0 Å². The summed E-state index contributed by atoms with van der Waals surface area (Å²) in [5, 5.41) is 17.9. The summed E-state index contributed by atoms with van der Waals surface area (Å²) in [5.74, 6) is 1.75. The first-order valence-corrected chi connectivity index (χ1v) is 12.4. The summed E-state index contributed by atoms with van der Waals surface area (Å²) in [6.07, 6.45) is 4.65. The Labute approximate surface area is 347 Å². The molecule has 0 fully saturated rings. The van der Waals surface area contributed by atoms with E-state index in [-0.39, 0.29) is 163 Å². The van der Waals surface area contributed by atoms with Crippen molar-refractivity contribution in [2.45, 2.75) is 67.2 Å². The van der Waals surface area contributed by atoms with E-state index in [1.165, 1.54) is 18.9 Å². The number of carbonyl (C=O) groups excluding carboxylic acids is 2. The largest absolute Gasteiger partial charge is 1.00 e. The zero-order valence-corrected chi connectivity index (χ0v) is 37.5. The van der Waals surface area contributed by atoms with Gasteiger partial charge in [-0.1, -0.05) is 50.0 Å². The molecular weight excluding hydrogens is 790 g/mol. The predicted molar refractivity (Wildman–Crippen MR) is 134 cm³/mol. The molecule has 2 rings (SSSR count). The molecule has 2 aromatic heterocycles. The molecule has 0 bridgehead atoms. The van der Waals surface area contributed by atoms with Gasteiger partial charge in [0.1, 0.15) is 11.5 Å². The number of aryl methyl sites for hydroxylation is 2. The fourth-order valence-electron chi connectivity index (χ4n) is 2.31. The molecule has 0 amide bonds. The molecule has 0 aliphatic rings. The van der Waals surface area contributed by atoms with E-state index in [1.807, 2.05) is 0 Å². The molecule has 202 valence electrons. The second kappa shape index (κ2) is 30.5. The summed E-state index contributed by atoms with van der Waals surface area (Å²) in [6, 6.07) is 6.44. The zero-order valence-electron chi connectivity index (χ0n) is 24.4. The number of carboxylic acids is 1. The van der Waals surface area contributed by atoms with Gasteiger partial charge in [0.25, 0.3) is 6.47 Å². The molecule has 2 aromatic rings. The molecule has 0 unspecified atom stereocenters. The van der Waals surface area contributed by atoms with Crippen LogP contribution in [0.1, 0.15) is 87.4 Å². The minimum absolute atomic E-state index is 0. The third-order valence-corrected chi connectivity index (χ3v) is 4.57. The Hall–Kier alpha value is 1.51. The standard InChI is InChI=1S/C12H18O3.C6H13Br.C6H6O3.CH2O3.2Cs.H/c1-9(2)5-4-8-14-12(13)11-7-6-10(3)15-11;1-6(2)4-3-5-7;1-4-2-3-5(9-4)6(7)8;2-1-4-3;;;/h6-7,9H,4-5,8H2,1-3H3;6H,3-5H2,1-2H3;2-3H,1H3,(H,7,8);1,3H;;;/q;;;;2*+1;-1/p-1. The van der Waals surface area contributed by atoms with Crippen LogP contribution in [0, 0.1) is 25.7 Å². The monoisotopic (exact) mass is 828 g/mol. The number of carbonyl (C=O) groups is 3. The van der Waals surface area contributed by atoms with Crippen molar-refractivity contribution in [3.8, 4) is 0 Å². The van der Waals surface area contributed by atoms with Crippen LogP contribution in [0.25, 0.3) is 0 Å². The molecule has 0 aliphatic carbocycles. The van der Waals surface area contributed by atoms with Crippen molar-refractivity contribution in [2.75, 3.05) is 11.9 Å². The van der Waals surface area contributed by atoms with Gasteiger partial charge in [-0.15, -0.1) is 0 Å². The Balaban J connectivity index is -0.000000137. The molecule has 9 nitrogen and oxygen atoms in total. The summed E-state index contributed by atoms with van der Waals surface area (Å²) < 4.78 is 15.0. The number of halogens is 1.